The number of nitrogens with one attached hydrogen (secondary N) is 2. The highest BCUT2D eigenvalue weighted by Crippen LogP contribution is 1.98. The average Bonchev–Trinajstić information content (AvgIpc) is 2.27. The summed E-state index contributed by atoms with van der Waals surface area (Å²) < 4.78 is 0. The zero-order chi connectivity index (χ0) is 11.1. The molecule has 0 saturated heterocycles. The van der Waals surface area contributed by atoms with Crippen molar-refractivity contribution in [1.82, 2.24) is 10.6 Å². The minimum absolute atomic E-state index is 0.0806. The van der Waals surface area contributed by atoms with Gasteiger partial charge in [0, 0.05) is 18.2 Å². The highest BCUT2D eigenvalue weighted by molar-refractivity contribution is 5.94. The maximum atomic E-state index is 11.6. The van der Waals surface area contributed by atoms with Gasteiger partial charge in [0.1, 0.15) is 0 Å². The van der Waals surface area contributed by atoms with Crippen LogP contribution in [0.25, 0.3) is 0 Å². The molecule has 0 saturated carbocycles. The van der Waals surface area contributed by atoms with Gasteiger partial charge in [-0.2, -0.15) is 0 Å². The molecule has 0 fully saturated rings. The third-order valence-electron chi connectivity index (χ3n) is 1.92. The number of carbonyl (C=O) groups excluding carboxylic acids is 2. The fourth-order valence-corrected chi connectivity index (χ4v) is 1.17. The van der Waals surface area contributed by atoms with E-state index in [0.29, 0.717) is 18.5 Å². The summed E-state index contributed by atoms with van der Waals surface area (Å²) in [5, 5.41) is 5.28. The minimum atomic E-state index is -0.129. The third kappa shape index (κ3) is 3.81. The Balaban J connectivity index is 2.45. The molecule has 4 nitrogen and oxygen atoms in total. The number of amides is 2. The second-order valence-electron chi connectivity index (χ2n) is 3.27. The summed E-state index contributed by atoms with van der Waals surface area (Å²) in [5.41, 5.74) is 0.621. The first-order valence-corrected chi connectivity index (χ1v) is 4.77. The number of hydrogen-bond donors (Lipinski definition) is 2. The molecule has 0 spiro atoms. The summed E-state index contributed by atoms with van der Waals surface area (Å²) >= 11 is 0. The van der Waals surface area contributed by atoms with Crippen molar-refractivity contribution in [2.45, 2.75) is 13.0 Å². The van der Waals surface area contributed by atoms with Crippen LogP contribution in [0, 0.1) is 0 Å². The number of rotatable bonds is 5. The number of hydrogen-bond acceptors (Lipinski definition) is 2. The van der Waals surface area contributed by atoms with Gasteiger partial charge >= 0.3 is 0 Å². The van der Waals surface area contributed by atoms with Gasteiger partial charge < -0.3 is 10.6 Å². The third-order valence-corrected chi connectivity index (χ3v) is 1.92. The molecule has 1 unspecified atom stereocenters. The smallest absolute Gasteiger partial charge is 0.251 e. The van der Waals surface area contributed by atoms with Gasteiger partial charge in [0.15, 0.2) is 0 Å². The van der Waals surface area contributed by atoms with Crippen LogP contribution < -0.4 is 10.6 Å². The van der Waals surface area contributed by atoms with E-state index in [9.17, 15) is 9.59 Å². The van der Waals surface area contributed by atoms with E-state index in [-0.39, 0.29) is 11.9 Å². The molecule has 4 heteroatoms. The van der Waals surface area contributed by atoms with Crippen LogP contribution in [0.3, 0.4) is 0 Å². The lowest BCUT2D eigenvalue weighted by molar-refractivity contribution is -0.109. The Labute approximate surface area is 88.7 Å². The Morgan fingerprint density at radius 1 is 1.40 bits per heavy atom. The molecular weight excluding hydrogens is 192 g/mol. The Morgan fingerprint density at radius 3 is 2.67 bits per heavy atom. The highest BCUT2D eigenvalue weighted by Gasteiger charge is 2.07. The van der Waals surface area contributed by atoms with E-state index in [0.717, 1.165) is 0 Å². The van der Waals surface area contributed by atoms with E-state index in [1.807, 2.05) is 25.1 Å². The van der Waals surface area contributed by atoms with Crippen LogP contribution in [0.15, 0.2) is 30.3 Å². The van der Waals surface area contributed by atoms with Crippen LogP contribution in [0.4, 0.5) is 0 Å². The van der Waals surface area contributed by atoms with Gasteiger partial charge in [0.2, 0.25) is 6.41 Å². The molecule has 0 bridgehead atoms. The molecule has 1 aromatic rings. The lowest BCUT2D eigenvalue weighted by atomic mass is 10.2. The number of carbonyl (C=O) groups is 2. The van der Waals surface area contributed by atoms with Gasteiger partial charge in [0.25, 0.3) is 5.91 Å². The fraction of sp³-hybridized carbons (Fsp3) is 0.273. The summed E-state index contributed by atoms with van der Waals surface area (Å²) in [6.07, 6.45) is 0.616. The second-order valence-corrected chi connectivity index (χ2v) is 3.27. The van der Waals surface area contributed by atoms with Crippen LogP contribution in [0.5, 0.6) is 0 Å². The Morgan fingerprint density at radius 2 is 2.07 bits per heavy atom. The maximum Gasteiger partial charge on any atom is 0.251 e. The number of benzene rings is 1. The normalized spacial score (nSPS) is 11.5. The lowest BCUT2D eigenvalue weighted by Crippen LogP contribution is -2.39. The molecule has 0 radical (unpaired) electrons. The second kappa shape index (κ2) is 5.80. The van der Waals surface area contributed by atoms with E-state index in [1.165, 1.54) is 0 Å². The molecule has 1 atom stereocenters. The van der Waals surface area contributed by atoms with Crippen molar-refractivity contribution in [3.8, 4) is 0 Å². The van der Waals surface area contributed by atoms with E-state index in [4.69, 9.17) is 0 Å². The standard InChI is InChI=1S/C11H14N2O2/c1-9(7-12-8-14)13-11(15)10-5-3-2-4-6-10/h2-6,8-9H,7H2,1H3,(H,12,14)(H,13,15). The summed E-state index contributed by atoms with van der Waals surface area (Å²) in [5.74, 6) is -0.129. The van der Waals surface area contributed by atoms with Crippen molar-refractivity contribution in [2.75, 3.05) is 6.54 Å². The predicted octanol–water partition coefficient (Wildman–Crippen LogP) is 0.551. The summed E-state index contributed by atoms with van der Waals surface area (Å²) in [6, 6.07) is 8.88. The first-order chi connectivity index (χ1) is 7.24. The highest BCUT2D eigenvalue weighted by atomic mass is 16.1. The molecule has 80 valence electrons. The molecule has 1 aromatic carbocycles. The SMILES string of the molecule is CC(CNC=O)NC(=O)c1ccccc1. The summed E-state index contributed by atoms with van der Waals surface area (Å²) in [4.78, 5) is 21.6. The monoisotopic (exact) mass is 206 g/mol. The molecule has 0 aromatic heterocycles. The molecule has 0 aliphatic carbocycles. The zero-order valence-corrected chi connectivity index (χ0v) is 8.57. The van der Waals surface area contributed by atoms with E-state index < -0.39 is 0 Å². The topological polar surface area (TPSA) is 58.2 Å². The van der Waals surface area contributed by atoms with E-state index in [1.54, 1.807) is 12.1 Å². The largest absolute Gasteiger partial charge is 0.357 e. The van der Waals surface area contributed by atoms with Gasteiger partial charge in [-0.3, -0.25) is 9.59 Å². The van der Waals surface area contributed by atoms with E-state index in [2.05, 4.69) is 10.6 Å². The van der Waals surface area contributed by atoms with Crippen molar-refractivity contribution in [3.63, 3.8) is 0 Å². The minimum Gasteiger partial charge on any atom is -0.357 e. The quantitative estimate of drug-likeness (QED) is 0.691. The van der Waals surface area contributed by atoms with Crippen LogP contribution >= 0.6 is 0 Å². The van der Waals surface area contributed by atoms with Crippen molar-refractivity contribution in [1.29, 1.82) is 0 Å². The first-order valence-electron chi connectivity index (χ1n) is 4.77. The van der Waals surface area contributed by atoms with Crippen LogP contribution in [-0.4, -0.2) is 24.9 Å². The molecule has 2 amide bonds. The van der Waals surface area contributed by atoms with Gasteiger partial charge in [-0.15, -0.1) is 0 Å². The maximum absolute atomic E-state index is 11.6. The molecule has 1 rings (SSSR count). The van der Waals surface area contributed by atoms with Crippen molar-refractivity contribution >= 4 is 12.3 Å². The van der Waals surface area contributed by atoms with Gasteiger partial charge in [-0.25, -0.2) is 0 Å². The van der Waals surface area contributed by atoms with E-state index >= 15 is 0 Å². The van der Waals surface area contributed by atoms with Crippen LogP contribution in [-0.2, 0) is 4.79 Å². The van der Waals surface area contributed by atoms with Gasteiger partial charge in [-0.05, 0) is 19.1 Å². The van der Waals surface area contributed by atoms with Crippen LogP contribution in [0.2, 0.25) is 0 Å². The Hall–Kier alpha value is -1.84. The van der Waals surface area contributed by atoms with Crippen LogP contribution in [0.1, 0.15) is 17.3 Å². The fourth-order valence-electron chi connectivity index (χ4n) is 1.17. The first kappa shape index (κ1) is 11.2. The van der Waals surface area contributed by atoms with Crippen molar-refractivity contribution in [3.05, 3.63) is 35.9 Å². The average molecular weight is 206 g/mol. The van der Waals surface area contributed by atoms with Crippen molar-refractivity contribution < 1.29 is 9.59 Å². The zero-order valence-electron chi connectivity index (χ0n) is 8.57. The lowest BCUT2D eigenvalue weighted by Gasteiger charge is -2.12. The molecule has 2 N–H and O–H groups in total. The molecule has 0 aliphatic heterocycles. The molecule has 0 aliphatic rings. The van der Waals surface area contributed by atoms with Gasteiger partial charge in [0.05, 0.1) is 0 Å². The summed E-state index contributed by atoms with van der Waals surface area (Å²) in [6.45, 7) is 2.26. The Kier molecular flexibility index (Phi) is 4.34. The summed E-state index contributed by atoms with van der Waals surface area (Å²) in [7, 11) is 0. The van der Waals surface area contributed by atoms with Crippen molar-refractivity contribution in [2.24, 2.45) is 0 Å². The predicted molar refractivity (Wildman–Crippen MR) is 57.4 cm³/mol. The molecular formula is C11H14N2O2. The van der Waals surface area contributed by atoms with Gasteiger partial charge in [-0.1, -0.05) is 18.2 Å². The molecule has 15 heavy (non-hydrogen) atoms. The molecule has 0 heterocycles. The Bertz CT molecular complexity index is 325.